The van der Waals surface area contributed by atoms with Crippen LogP contribution in [0.1, 0.15) is 25.8 Å². The molecule has 0 radical (unpaired) electrons. The van der Waals surface area contributed by atoms with E-state index in [0.717, 1.165) is 25.3 Å². The normalized spacial score (nSPS) is 10.7. The molecule has 0 saturated heterocycles. The van der Waals surface area contributed by atoms with Gasteiger partial charge >= 0.3 is 0 Å². The Kier molecular flexibility index (Phi) is 5.19. The number of rotatable bonds is 6. The van der Waals surface area contributed by atoms with Gasteiger partial charge in [0.05, 0.1) is 6.61 Å². The average molecular weight is 207 g/mol. The minimum Gasteiger partial charge on any atom is -0.493 e. The highest BCUT2D eigenvalue weighted by Gasteiger charge is 2.02. The molecular weight excluding hydrogens is 186 g/mol. The summed E-state index contributed by atoms with van der Waals surface area (Å²) in [5.74, 6) is 1.70. The first-order valence-corrected chi connectivity index (χ1v) is 5.59. The zero-order valence-electron chi connectivity index (χ0n) is 9.92. The molecule has 84 valence electrons. The zero-order chi connectivity index (χ0) is 11.1. The van der Waals surface area contributed by atoms with Crippen LogP contribution in [-0.4, -0.2) is 13.7 Å². The van der Waals surface area contributed by atoms with Crippen LogP contribution in [0.4, 0.5) is 0 Å². The fraction of sp³-hybridized carbons (Fsp3) is 0.538. The lowest BCUT2D eigenvalue weighted by Gasteiger charge is -2.12. The molecule has 0 aliphatic carbocycles. The summed E-state index contributed by atoms with van der Waals surface area (Å²) in [6, 6.07) is 8.19. The van der Waals surface area contributed by atoms with Gasteiger partial charge < -0.3 is 10.1 Å². The summed E-state index contributed by atoms with van der Waals surface area (Å²) in [4.78, 5) is 0. The first-order chi connectivity index (χ1) is 7.24. The Bertz CT molecular complexity index is 284. The third kappa shape index (κ3) is 4.34. The summed E-state index contributed by atoms with van der Waals surface area (Å²) in [7, 11) is 1.95. The summed E-state index contributed by atoms with van der Waals surface area (Å²) >= 11 is 0. The van der Waals surface area contributed by atoms with Crippen molar-refractivity contribution in [1.82, 2.24) is 5.32 Å². The van der Waals surface area contributed by atoms with Crippen LogP contribution in [0.25, 0.3) is 0 Å². The lowest BCUT2D eigenvalue weighted by molar-refractivity contribution is 0.286. The SMILES string of the molecule is CNCc1ccccc1OCCC(C)C. The van der Waals surface area contributed by atoms with E-state index in [4.69, 9.17) is 4.74 Å². The molecule has 1 N–H and O–H groups in total. The van der Waals surface area contributed by atoms with E-state index in [2.05, 4.69) is 25.2 Å². The molecule has 0 spiro atoms. The van der Waals surface area contributed by atoms with Gasteiger partial charge in [-0.25, -0.2) is 0 Å². The molecule has 1 rings (SSSR count). The van der Waals surface area contributed by atoms with E-state index in [1.54, 1.807) is 0 Å². The molecule has 0 aromatic heterocycles. The summed E-state index contributed by atoms with van der Waals surface area (Å²) in [5.41, 5.74) is 1.23. The van der Waals surface area contributed by atoms with Gasteiger partial charge in [-0.1, -0.05) is 32.0 Å². The molecule has 0 saturated carbocycles. The van der Waals surface area contributed by atoms with E-state index in [1.807, 2.05) is 25.2 Å². The third-order valence-corrected chi connectivity index (χ3v) is 2.29. The minimum absolute atomic E-state index is 0.696. The quantitative estimate of drug-likeness (QED) is 0.774. The topological polar surface area (TPSA) is 21.3 Å². The van der Waals surface area contributed by atoms with Crippen LogP contribution in [0, 0.1) is 5.92 Å². The predicted octanol–water partition coefficient (Wildman–Crippen LogP) is 2.83. The van der Waals surface area contributed by atoms with Crippen molar-refractivity contribution >= 4 is 0 Å². The molecule has 0 aliphatic rings. The third-order valence-electron chi connectivity index (χ3n) is 2.29. The molecule has 15 heavy (non-hydrogen) atoms. The maximum Gasteiger partial charge on any atom is 0.123 e. The number of ether oxygens (including phenoxy) is 1. The monoisotopic (exact) mass is 207 g/mol. The van der Waals surface area contributed by atoms with Gasteiger partial charge in [0.25, 0.3) is 0 Å². The lowest BCUT2D eigenvalue weighted by Crippen LogP contribution is -2.08. The molecular formula is C13H21NO. The molecule has 0 heterocycles. The number of benzene rings is 1. The highest BCUT2D eigenvalue weighted by Crippen LogP contribution is 2.18. The van der Waals surface area contributed by atoms with Crippen LogP contribution >= 0.6 is 0 Å². The van der Waals surface area contributed by atoms with E-state index in [1.165, 1.54) is 5.56 Å². The van der Waals surface area contributed by atoms with Crippen LogP contribution in [0.2, 0.25) is 0 Å². The molecule has 0 aliphatic heterocycles. The highest BCUT2D eigenvalue weighted by atomic mass is 16.5. The average Bonchev–Trinajstić information content (AvgIpc) is 2.20. The summed E-state index contributed by atoms with van der Waals surface area (Å²) in [6.45, 7) is 6.09. The molecule has 1 aromatic carbocycles. The fourth-order valence-electron chi connectivity index (χ4n) is 1.39. The molecule has 0 bridgehead atoms. The lowest BCUT2D eigenvalue weighted by atomic mass is 10.1. The van der Waals surface area contributed by atoms with Crippen LogP contribution in [0.15, 0.2) is 24.3 Å². The largest absolute Gasteiger partial charge is 0.493 e. The Labute approximate surface area is 92.6 Å². The Balaban J connectivity index is 2.51. The van der Waals surface area contributed by atoms with Gasteiger partial charge in [0.2, 0.25) is 0 Å². The minimum atomic E-state index is 0.696. The second-order valence-electron chi connectivity index (χ2n) is 4.17. The maximum atomic E-state index is 5.76. The second-order valence-corrected chi connectivity index (χ2v) is 4.17. The van der Waals surface area contributed by atoms with Gasteiger partial charge in [0.15, 0.2) is 0 Å². The summed E-state index contributed by atoms with van der Waals surface area (Å²) in [5, 5.41) is 3.14. The van der Waals surface area contributed by atoms with Crippen molar-refractivity contribution in [2.24, 2.45) is 5.92 Å². The molecule has 0 unspecified atom stereocenters. The molecule has 1 aromatic rings. The fourth-order valence-corrected chi connectivity index (χ4v) is 1.39. The van der Waals surface area contributed by atoms with E-state index >= 15 is 0 Å². The van der Waals surface area contributed by atoms with Gasteiger partial charge in [0, 0.05) is 12.1 Å². The van der Waals surface area contributed by atoms with E-state index in [9.17, 15) is 0 Å². The van der Waals surface area contributed by atoms with Gasteiger partial charge in [0.1, 0.15) is 5.75 Å². The number of nitrogens with one attached hydrogen (secondary N) is 1. The van der Waals surface area contributed by atoms with Crippen molar-refractivity contribution in [3.63, 3.8) is 0 Å². The molecule has 0 fully saturated rings. The van der Waals surface area contributed by atoms with Crippen molar-refractivity contribution in [2.45, 2.75) is 26.8 Å². The summed E-state index contributed by atoms with van der Waals surface area (Å²) < 4.78 is 5.76. The standard InChI is InChI=1S/C13H21NO/c1-11(2)8-9-15-13-7-5-4-6-12(13)10-14-3/h4-7,11,14H,8-10H2,1-3H3. The molecule has 0 atom stereocenters. The number of hydrogen-bond acceptors (Lipinski definition) is 2. The van der Waals surface area contributed by atoms with Gasteiger partial charge in [-0.05, 0) is 25.5 Å². The number of para-hydroxylation sites is 1. The van der Waals surface area contributed by atoms with Gasteiger partial charge in [-0.3, -0.25) is 0 Å². The predicted molar refractivity (Wildman–Crippen MR) is 64.2 cm³/mol. The first-order valence-electron chi connectivity index (χ1n) is 5.59. The van der Waals surface area contributed by atoms with Crippen LogP contribution in [-0.2, 0) is 6.54 Å². The zero-order valence-corrected chi connectivity index (χ0v) is 9.92. The van der Waals surface area contributed by atoms with Crippen molar-refractivity contribution in [1.29, 1.82) is 0 Å². The highest BCUT2D eigenvalue weighted by molar-refractivity contribution is 5.33. The van der Waals surface area contributed by atoms with E-state index in [-0.39, 0.29) is 0 Å². The Morgan fingerprint density at radius 2 is 2.00 bits per heavy atom. The van der Waals surface area contributed by atoms with Crippen LogP contribution in [0.3, 0.4) is 0 Å². The molecule has 2 heteroatoms. The smallest absolute Gasteiger partial charge is 0.123 e. The van der Waals surface area contributed by atoms with Gasteiger partial charge in [-0.15, -0.1) is 0 Å². The van der Waals surface area contributed by atoms with Crippen LogP contribution in [0.5, 0.6) is 5.75 Å². The first kappa shape index (κ1) is 12.1. The van der Waals surface area contributed by atoms with Crippen molar-refractivity contribution in [3.05, 3.63) is 29.8 Å². The Hall–Kier alpha value is -1.02. The van der Waals surface area contributed by atoms with Crippen molar-refractivity contribution in [3.8, 4) is 5.75 Å². The maximum absolute atomic E-state index is 5.76. The Morgan fingerprint density at radius 1 is 1.27 bits per heavy atom. The molecule has 0 amide bonds. The van der Waals surface area contributed by atoms with Crippen molar-refractivity contribution in [2.75, 3.05) is 13.7 Å². The Morgan fingerprint density at radius 3 is 2.67 bits per heavy atom. The van der Waals surface area contributed by atoms with Crippen molar-refractivity contribution < 1.29 is 4.74 Å². The number of hydrogen-bond donors (Lipinski definition) is 1. The van der Waals surface area contributed by atoms with E-state index < -0.39 is 0 Å². The second kappa shape index (κ2) is 6.46. The van der Waals surface area contributed by atoms with E-state index in [0.29, 0.717) is 5.92 Å². The molecule has 2 nitrogen and oxygen atoms in total. The van der Waals surface area contributed by atoms with Gasteiger partial charge in [-0.2, -0.15) is 0 Å². The summed E-state index contributed by atoms with van der Waals surface area (Å²) in [6.07, 6.45) is 1.11. The van der Waals surface area contributed by atoms with Crippen LogP contribution < -0.4 is 10.1 Å².